The van der Waals surface area contributed by atoms with Crippen LogP contribution in [0.3, 0.4) is 0 Å². The quantitative estimate of drug-likeness (QED) is 0.288. The highest BCUT2D eigenvalue weighted by atomic mass is 16.5. The lowest BCUT2D eigenvalue weighted by Crippen LogP contribution is -2.30. The number of carbonyl (C=O) groups excluding carboxylic acids is 1. The molecule has 0 aromatic heterocycles. The second-order valence-corrected chi connectivity index (χ2v) is 10.7. The van der Waals surface area contributed by atoms with E-state index in [0.29, 0.717) is 36.7 Å². The molecule has 0 bridgehead atoms. The average molecular weight is 465 g/mol. The molecule has 0 spiro atoms. The molecule has 0 aliphatic heterocycles. The summed E-state index contributed by atoms with van der Waals surface area (Å²) in [5.74, 6) is 3.44. The smallest absolute Gasteiger partial charge is 0.337 e. The topological polar surface area (TPSA) is 83.8 Å². The Morgan fingerprint density at radius 1 is 0.848 bits per heavy atom. The van der Waals surface area contributed by atoms with E-state index in [1.807, 2.05) is 0 Å². The van der Waals surface area contributed by atoms with Gasteiger partial charge in [-0.1, -0.05) is 46.0 Å². The molecule has 33 heavy (non-hydrogen) atoms. The SMILES string of the molecule is CC(=O)O.CCCCOC(=O)C1=C(O)CC(C2CCC(C3CCC(CCC)CC3)CC2)CC1. The molecule has 5 nitrogen and oxygen atoms in total. The van der Waals surface area contributed by atoms with Crippen LogP contribution in [0.1, 0.15) is 117 Å². The molecule has 0 amide bonds. The average Bonchev–Trinajstić information content (AvgIpc) is 2.79. The van der Waals surface area contributed by atoms with Crippen LogP contribution in [-0.2, 0) is 14.3 Å². The zero-order valence-electron chi connectivity index (χ0n) is 21.3. The first-order chi connectivity index (χ1) is 15.8. The van der Waals surface area contributed by atoms with Crippen LogP contribution in [0, 0.1) is 29.6 Å². The van der Waals surface area contributed by atoms with Crippen LogP contribution >= 0.6 is 0 Å². The normalized spacial score (nSPS) is 30.2. The number of hydrogen-bond donors (Lipinski definition) is 2. The maximum atomic E-state index is 12.2. The van der Waals surface area contributed by atoms with Gasteiger partial charge in [-0.25, -0.2) is 4.79 Å². The van der Waals surface area contributed by atoms with Crippen molar-refractivity contribution < 1.29 is 24.5 Å². The maximum Gasteiger partial charge on any atom is 0.337 e. The highest BCUT2D eigenvalue weighted by molar-refractivity contribution is 5.89. The molecule has 1 atom stereocenters. The van der Waals surface area contributed by atoms with E-state index in [1.165, 1.54) is 64.2 Å². The van der Waals surface area contributed by atoms with Crippen molar-refractivity contribution in [3.63, 3.8) is 0 Å². The first-order valence-electron chi connectivity index (χ1n) is 13.6. The molecule has 5 heteroatoms. The van der Waals surface area contributed by atoms with Crippen molar-refractivity contribution >= 4 is 11.9 Å². The Labute approximate surface area is 201 Å². The number of hydrogen-bond acceptors (Lipinski definition) is 4. The number of carbonyl (C=O) groups is 2. The summed E-state index contributed by atoms with van der Waals surface area (Å²) in [7, 11) is 0. The molecule has 3 rings (SSSR count). The van der Waals surface area contributed by atoms with E-state index in [0.717, 1.165) is 49.9 Å². The molecule has 2 N–H and O–H groups in total. The minimum absolute atomic E-state index is 0.281. The van der Waals surface area contributed by atoms with Gasteiger partial charge in [-0.05, 0) is 87.4 Å². The van der Waals surface area contributed by atoms with Crippen LogP contribution in [0.25, 0.3) is 0 Å². The Hall–Kier alpha value is -1.52. The standard InChI is InChI=1S/C26H44O3.C2H4O2/c1-3-5-17-29-26(28)24-16-15-23(18-25(24)27)22-13-11-21(12-14-22)20-9-7-19(6-4-2)8-10-20;1-2(3)4/h19-23,27H,3-18H2,1-2H3;1H3,(H,3,4). The Bertz CT molecular complexity index is 620. The number of ether oxygens (including phenoxy) is 1. The van der Waals surface area contributed by atoms with Gasteiger partial charge in [0.2, 0.25) is 0 Å². The summed E-state index contributed by atoms with van der Waals surface area (Å²) in [4.78, 5) is 21.2. The van der Waals surface area contributed by atoms with Crippen molar-refractivity contribution in [2.45, 2.75) is 117 Å². The summed E-state index contributed by atoms with van der Waals surface area (Å²) >= 11 is 0. The minimum atomic E-state index is -0.833. The highest BCUT2D eigenvalue weighted by Gasteiger charge is 2.35. The van der Waals surface area contributed by atoms with E-state index in [-0.39, 0.29) is 5.97 Å². The maximum absolute atomic E-state index is 12.2. The number of aliphatic hydroxyl groups excluding tert-OH is 1. The molecule has 3 aliphatic carbocycles. The number of carboxylic acids is 1. The Balaban J connectivity index is 0.000000890. The third-order valence-corrected chi connectivity index (χ3v) is 8.28. The number of rotatable bonds is 8. The largest absolute Gasteiger partial charge is 0.512 e. The van der Waals surface area contributed by atoms with Crippen LogP contribution < -0.4 is 0 Å². The zero-order valence-corrected chi connectivity index (χ0v) is 21.3. The van der Waals surface area contributed by atoms with E-state index in [1.54, 1.807) is 0 Å². The third kappa shape index (κ3) is 9.33. The molecule has 0 radical (unpaired) electrons. The number of carboxylic acid groups (broad SMARTS) is 1. The van der Waals surface area contributed by atoms with E-state index in [2.05, 4.69) is 13.8 Å². The van der Waals surface area contributed by atoms with Crippen molar-refractivity contribution in [3.05, 3.63) is 11.3 Å². The molecule has 3 aliphatic rings. The monoisotopic (exact) mass is 464 g/mol. The third-order valence-electron chi connectivity index (χ3n) is 8.28. The number of aliphatic hydroxyl groups is 1. The number of unbranched alkanes of at least 4 members (excludes halogenated alkanes) is 1. The molecule has 0 aromatic carbocycles. The fraction of sp³-hybridized carbons (Fsp3) is 0.857. The second kappa shape index (κ2) is 14.7. The Morgan fingerprint density at radius 2 is 1.36 bits per heavy atom. The van der Waals surface area contributed by atoms with Crippen LogP contribution in [0.4, 0.5) is 0 Å². The summed E-state index contributed by atoms with van der Waals surface area (Å²) in [6.45, 7) is 5.96. The summed E-state index contributed by atoms with van der Waals surface area (Å²) in [6.07, 6.45) is 18.4. The van der Waals surface area contributed by atoms with Crippen molar-refractivity contribution in [2.75, 3.05) is 6.61 Å². The molecule has 0 saturated heterocycles. The lowest BCUT2D eigenvalue weighted by Gasteiger charge is -2.40. The lowest BCUT2D eigenvalue weighted by atomic mass is 9.65. The number of aliphatic carboxylic acids is 1. The summed E-state index contributed by atoms with van der Waals surface area (Å²) < 4.78 is 5.32. The molecule has 2 saturated carbocycles. The number of allylic oxidation sites excluding steroid dienone is 1. The van der Waals surface area contributed by atoms with Gasteiger partial charge >= 0.3 is 5.97 Å². The summed E-state index contributed by atoms with van der Waals surface area (Å²) in [5.41, 5.74) is 0.551. The fourth-order valence-electron chi connectivity index (χ4n) is 6.41. The molecule has 0 aromatic rings. The van der Waals surface area contributed by atoms with Gasteiger partial charge in [0.15, 0.2) is 0 Å². The second-order valence-electron chi connectivity index (χ2n) is 10.7. The molecular formula is C28H48O5. The van der Waals surface area contributed by atoms with Gasteiger partial charge in [0.1, 0.15) is 5.76 Å². The van der Waals surface area contributed by atoms with Crippen LogP contribution in [-0.4, -0.2) is 28.8 Å². The summed E-state index contributed by atoms with van der Waals surface area (Å²) in [6, 6.07) is 0. The predicted molar refractivity (Wildman–Crippen MR) is 132 cm³/mol. The Kier molecular flexibility index (Phi) is 12.3. The van der Waals surface area contributed by atoms with Gasteiger partial charge in [-0.2, -0.15) is 0 Å². The van der Waals surface area contributed by atoms with Gasteiger partial charge in [0.05, 0.1) is 12.2 Å². The predicted octanol–water partition coefficient (Wildman–Crippen LogP) is 7.45. The van der Waals surface area contributed by atoms with Crippen LogP contribution in [0.15, 0.2) is 11.3 Å². The highest BCUT2D eigenvalue weighted by Crippen LogP contribution is 2.46. The van der Waals surface area contributed by atoms with Crippen LogP contribution in [0.2, 0.25) is 0 Å². The van der Waals surface area contributed by atoms with Crippen molar-refractivity contribution in [3.8, 4) is 0 Å². The van der Waals surface area contributed by atoms with Gasteiger partial charge in [-0.15, -0.1) is 0 Å². The first kappa shape index (κ1) is 27.7. The Morgan fingerprint density at radius 3 is 1.85 bits per heavy atom. The van der Waals surface area contributed by atoms with Gasteiger partial charge < -0.3 is 14.9 Å². The van der Waals surface area contributed by atoms with E-state index < -0.39 is 5.97 Å². The molecule has 190 valence electrons. The number of esters is 1. The van der Waals surface area contributed by atoms with Crippen LogP contribution in [0.5, 0.6) is 0 Å². The fourth-order valence-corrected chi connectivity index (χ4v) is 6.41. The first-order valence-corrected chi connectivity index (χ1v) is 13.6. The molecule has 2 fully saturated rings. The van der Waals surface area contributed by atoms with Gasteiger partial charge in [0.25, 0.3) is 5.97 Å². The molecular weight excluding hydrogens is 416 g/mol. The van der Waals surface area contributed by atoms with E-state index >= 15 is 0 Å². The van der Waals surface area contributed by atoms with Crippen molar-refractivity contribution in [1.29, 1.82) is 0 Å². The van der Waals surface area contributed by atoms with E-state index in [9.17, 15) is 9.90 Å². The summed E-state index contributed by atoms with van der Waals surface area (Å²) in [5, 5.41) is 17.9. The lowest BCUT2D eigenvalue weighted by molar-refractivity contribution is -0.140. The molecule has 1 unspecified atom stereocenters. The van der Waals surface area contributed by atoms with Gasteiger partial charge in [-0.3, -0.25) is 4.79 Å². The van der Waals surface area contributed by atoms with Crippen molar-refractivity contribution in [2.24, 2.45) is 29.6 Å². The zero-order chi connectivity index (χ0) is 24.2. The van der Waals surface area contributed by atoms with Gasteiger partial charge in [0, 0.05) is 13.3 Å². The van der Waals surface area contributed by atoms with Crippen molar-refractivity contribution in [1.82, 2.24) is 0 Å². The van der Waals surface area contributed by atoms with E-state index in [4.69, 9.17) is 14.6 Å². The molecule has 0 heterocycles. The minimum Gasteiger partial charge on any atom is -0.512 e.